The second-order valence-corrected chi connectivity index (χ2v) is 5.25. The molecule has 1 atom stereocenters. The van der Waals surface area contributed by atoms with Crippen LogP contribution in [0.5, 0.6) is 0 Å². The topological polar surface area (TPSA) is 75.6 Å². The fourth-order valence-electron chi connectivity index (χ4n) is 2.62. The van der Waals surface area contributed by atoms with Gasteiger partial charge < -0.3 is 15.2 Å². The standard InChI is InChI=1S/C13H23NO4/c1-10(9-18-2)14-11(15)8-13(12(16)17)6-4-3-5-7-13/h10H,3-9H2,1-2H3,(H,14,15)(H,16,17). The summed E-state index contributed by atoms with van der Waals surface area (Å²) in [6, 6.07) is -0.0862. The van der Waals surface area contributed by atoms with Gasteiger partial charge in [-0.25, -0.2) is 0 Å². The van der Waals surface area contributed by atoms with Crippen molar-refractivity contribution in [2.75, 3.05) is 13.7 Å². The third-order valence-electron chi connectivity index (χ3n) is 3.59. The zero-order valence-corrected chi connectivity index (χ0v) is 11.2. The molecule has 5 nitrogen and oxygen atoms in total. The summed E-state index contributed by atoms with van der Waals surface area (Å²) in [5.41, 5.74) is -0.852. The Labute approximate surface area is 108 Å². The molecule has 2 N–H and O–H groups in total. The fraction of sp³-hybridized carbons (Fsp3) is 0.846. The number of aliphatic carboxylic acids is 1. The van der Waals surface area contributed by atoms with Gasteiger partial charge in [0.25, 0.3) is 0 Å². The normalized spacial score (nSPS) is 20.1. The molecule has 1 aliphatic carbocycles. The molecule has 0 saturated heterocycles. The van der Waals surface area contributed by atoms with Crippen LogP contribution in [0.3, 0.4) is 0 Å². The molecule has 5 heteroatoms. The third kappa shape index (κ3) is 3.98. The fourth-order valence-corrected chi connectivity index (χ4v) is 2.62. The molecule has 0 heterocycles. The van der Waals surface area contributed by atoms with Crippen LogP contribution >= 0.6 is 0 Å². The minimum Gasteiger partial charge on any atom is -0.481 e. The minimum absolute atomic E-state index is 0.0797. The van der Waals surface area contributed by atoms with Gasteiger partial charge in [-0.1, -0.05) is 19.3 Å². The van der Waals surface area contributed by atoms with Gasteiger partial charge in [0.05, 0.1) is 12.0 Å². The van der Waals surface area contributed by atoms with Crippen LogP contribution < -0.4 is 5.32 Å². The second kappa shape index (κ2) is 6.73. The van der Waals surface area contributed by atoms with Crippen molar-refractivity contribution < 1.29 is 19.4 Å². The van der Waals surface area contributed by atoms with Crippen LogP contribution in [0.2, 0.25) is 0 Å². The van der Waals surface area contributed by atoms with E-state index in [1.807, 2.05) is 6.92 Å². The number of carboxylic acid groups (broad SMARTS) is 1. The Morgan fingerprint density at radius 3 is 2.44 bits per heavy atom. The predicted octanol–water partition coefficient (Wildman–Crippen LogP) is 1.56. The van der Waals surface area contributed by atoms with Crippen LogP contribution in [-0.2, 0) is 14.3 Å². The van der Waals surface area contributed by atoms with Gasteiger partial charge in [0.2, 0.25) is 5.91 Å². The van der Waals surface area contributed by atoms with Crippen LogP contribution in [-0.4, -0.2) is 36.7 Å². The van der Waals surface area contributed by atoms with Crippen molar-refractivity contribution in [2.24, 2.45) is 5.41 Å². The summed E-state index contributed by atoms with van der Waals surface area (Å²) < 4.78 is 4.94. The van der Waals surface area contributed by atoms with Crippen LogP contribution in [0, 0.1) is 5.41 Å². The quantitative estimate of drug-likeness (QED) is 0.757. The van der Waals surface area contributed by atoms with E-state index in [1.165, 1.54) is 0 Å². The Hall–Kier alpha value is -1.10. The first kappa shape index (κ1) is 15.0. The number of carbonyl (C=O) groups is 2. The summed E-state index contributed by atoms with van der Waals surface area (Å²) in [6.07, 6.45) is 4.15. The Morgan fingerprint density at radius 2 is 1.94 bits per heavy atom. The number of carbonyl (C=O) groups excluding carboxylic acids is 1. The third-order valence-corrected chi connectivity index (χ3v) is 3.59. The van der Waals surface area contributed by atoms with E-state index in [0.717, 1.165) is 19.3 Å². The molecule has 1 aliphatic rings. The van der Waals surface area contributed by atoms with E-state index < -0.39 is 11.4 Å². The molecule has 1 amide bonds. The summed E-state index contributed by atoms with van der Waals surface area (Å²) in [7, 11) is 1.57. The molecule has 0 aromatic carbocycles. The van der Waals surface area contributed by atoms with Gasteiger partial charge in [0.1, 0.15) is 0 Å². The van der Waals surface area contributed by atoms with Crippen molar-refractivity contribution in [1.29, 1.82) is 0 Å². The van der Waals surface area contributed by atoms with Crippen molar-refractivity contribution in [3.05, 3.63) is 0 Å². The largest absolute Gasteiger partial charge is 0.481 e. The maximum Gasteiger partial charge on any atom is 0.310 e. The SMILES string of the molecule is COCC(C)NC(=O)CC1(C(=O)O)CCCCC1. The highest BCUT2D eigenvalue weighted by Crippen LogP contribution is 2.39. The first-order valence-corrected chi connectivity index (χ1v) is 6.52. The van der Waals surface area contributed by atoms with Gasteiger partial charge in [-0.05, 0) is 19.8 Å². The smallest absolute Gasteiger partial charge is 0.310 e. The molecular weight excluding hydrogens is 234 g/mol. The van der Waals surface area contributed by atoms with E-state index in [9.17, 15) is 14.7 Å². The van der Waals surface area contributed by atoms with E-state index in [4.69, 9.17) is 4.74 Å². The molecule has 1 rings (SSSR count). The number of carboxylic acids is 1. The van der Waals surface area contributed by atoms with Crippen LogP contribution in [0.25, 0.3) is 0 Å². The molecule has 0 spiro atoms. The van der Waals surface area contributed by atoms with Crippen LogP contribution in [0.1, 0.15) is 45.4 Å². The van der Waals surface area contributed by atoms with Gasteiger partial charge in [-0.3, -0.25) is 9.59 Å². The molecule has 18 heavy (non-hydrogen) atoms. The average Bonchev–Trinajstić information content (AvgIpc) is 2.29. The van der Waals surface area contributed by atoms with Crippen molar-refractivity contribution >= 4 is 11.9 Å². The summed E-state index contributed by atoms with van der Waals surface area (Å²) in [6.45, 7) is 2.28. The molecule has 0 aromatic heterocycles. The van der Waals surface area contributed by atoms with Crippen molar-refractivity contribution in [1.82, 2.24) is 5.32 Å². The Kier molecular flexibility index (Phi) is 5.59. The van der Waals surface area contributed by atoms with Gasteiger partial charge in [0.15, 0.2) is 0 Å². The predicted molar refractivity (Wildman–Crippen MR) is 67.3 cm³/mol. The molecule has 0 radical (unpaired) electrons. The lowest BCUT2D eigenvalue weighted by Crippen LogP contribution is -2.42. The zero-order chi connectivity index (χ0) is 13.6. The van der Waals surface area contributed by atoms with E-state index in [-0.39, 0.29) is 18.4 Å². The number of nitrogens with one attached hydrogen (secondary N) is 1. The maximum atomic E-state index is 11.9. The molecule has 0 aliphatic heterocycles. The van der Waals surface area contributed by atoms with Crippen molar-refractivity contribution in [2.45, 2.75) is 51.5 Å². The summed E-state index contributed by atoms with van der Waals surface area (Å²) in [5.74, 6) is -1.03. The second-order valence-electron chi connectivity index (χ2n) is 5.25. The van der Waals surface area contributed by atoms with Crippen LogP contribution in [0.4, 0.5) is 0 Å². The van der Waals surface area contributed by atoms with E-state index in [1.54, 1.807) is 7.11 Å². The number of hydrogen-bond acceptors (Lipinski definition) is 3. The number of methoxy groups -OCH3 is 1. The number of hydrogen-bond donors (Lipinski definition) is 2. The molecule has 1 unspecified atom stereocenters. The highest BCUT2D eigenvalue weighted by molar-refractivity contribution is 5.85. The molecule has 0 aromatic rings. The van der Waals surface area contributed by atoms with E-state index in [2.05, 4.69) is 5.32 Å². The lowest BCUT2D eigenvalue weighted by atomic mass is 9.71. The highest BCUT2D eigenvalue weighted by Gasteiger charge is 2.41. The monoisotopic (exact) mass is 257 g/mol. The lowest BCUT2D eigenvalue weighted by Gasteiger charge is -2.32. The van der Waals surface area contributed by atoms with Gasteiger partial charge in [-0.15, -0.1) is 0 Å². The number of ether oxygens (including phenoxy) is 1. The first-order valence-electron chi connectivity index (χ1n) is 6.52. The Morgan fingerprint density at radius 1 is 1.33 bits per heavy atom. The summed E-state index contributed by atoms with van der Waals surface area (Å²) in [4.78, 5) is 23.3. The van der Waals surface area contributed by atoms with E-state index >= 15 is 0 Å². The Balaban J connectivity index is 2.55. The highest BCUT2D eigenvalue weighted by atomic mass is 16.5. The lowest BCUT2D eigenvalue weighted by molar-refractivity contribution is -0.154. The molecule has 1 fully saturated rings. The number of rotatable bonds is 6. The zero-order valence-electron chi connectivity index (χ0n) is 11.2. The van der Waals surface area contributed by atoms with Crippen molar-refractivity contribution in [3.63, 3.8) is 0 Å². The molecular formula is C13H23NO4. The van der Waals surface area contributed by atoms with Gasteiger partial charge >= 0.3 is 5.97 Å². The van der Waals surface area contributed by atoms with E-state index in [0.29, 0.717) is 19.4 Å². The summed E-state index contributed by atoms with van der Waals surface area (Å²) >= 11 is 0. The summed E-state index contributed by atoms with van der Waals surface area (Å²) in [5, 5.41) is 12.2. The minimum atomic E-state index is -0.852. The average molecular weight is 257 g/mol. The maximum absolute atomic E-state index is 11.9. The number of amides is 1. The molecule has 1 saturated carbocycles. The van der Waals surface area contributed by atoms with Crippen molar-refractivity contribution in [3.8, 4) is 0 Å². The molecule has 104 valence electrons. The van der Waals surface area contributed by atoms with Gasteiger partial charge in [-0.2, -0.15) is 0 Å². The van der Waals surface area contributed by atoms with Crippen LogP contribution in [0.15, 0.2) is 0 Å². The first-order chi connectivity index (χ1) is 8.50. The Bertz CT molecular complexity index is 297. The van der Waals surface area contributed by atoms with Gasteiger partial charge in [0, 0.05) is 19.6 Å². The molecule has 0 bridgehead atoms.